The molecule has 2 fully saturated rings. The van der Waals surface area contributed by atoms with Crippen LogP contribution in [-0.4, -0.2) is 45.7 Å². The summed E-state index contributed by atoms with van der Waals surface area (Å²) in [6.07, 6.45) is 6.64. The second-order valence-electron chi connectivity index (χ2n) is 9.70. The van der Waals surface area contributed by atoms with Crippen molar-refractivity contribution in [2.24, 2.45) is 0 Å². The van der Waals surface area contributed by atoms with Gasteiger partial charge in [0, 0.05) is 42.5 Å². The van der Waals surface area contributed by atoms with Gasteiger partial charge in [-0.05, 0) is 30.9 Å². The van der Waals surface area contributed by atoms with Gasteiger partial charge in [-0.15, -0.1) is 0 Å². The number of amides is 2. The van der Waals surface area contributed by atoms with Gasteiger partial charge in [0.15, 0.2) is 0 Å². The quantitative estimate of drug-likeness (QED) is 0.567. The number of carbonyl (C=O) groups is 2. The fourth-order valence-electron chi connectivity index (χ4n) is 5.99. The van der Waals surface area contributed by atoms with E-state index >= 15 is 0 Å². The van der Waals surface area contributed by atoms with Gasteiger partial charge in [0.05, 0.1) is 11.1 Å². The number of benzene rings is 2. The molecular weight excluding hydrogens is 410 g/mol. The zero-order valence-corrected chi connectivity index (χ0v) is 18.9. The molecule has 1 atom stereocenters. The molecular formula is C28H29N3O2. The number of pyridine rings is 1. The maximum atomic E-state index is 14.0. The molecule has 1 aliphatic carbocycles. The van der Waals surface area contributed by atoms with Crippen LogP contribution in [0.3, 0.4) is 0 Å². The third kappa shape index (κ3) is 3.50. The van der Waals surface area contributed by atoms with Crippen LogP contribution in [0.15, 0.2) is 54.6 Å². The van der Waals surface area contributed by atoms with Gasteiger partial charge < -0.3 is 9.80 Å². The summed E-state index contributed by atoms with van der Waals surface area (Å²) in [4.78, 5) is 36.1. The lowest BCUT2D eigenvalue weighted by molar-refractivity contribution is 0.0653. The van der Waals surface area contributed by atoms with Crippen LogP contribution >= 0.6 is 0 Å². The van der Waals surface area contributed by atoms with Gasteiger partial charge in [-0.1, -0.05) is 67.8 Å². The van der Waals surface area contributed by atoms with Crippen molar-refractivity contribution in [2.75, 3.05) is 13.1 Å². The molecule has 6 rings (SSSR count). The third-order valence-corrected chi connectivity index (χ3v) is 7.76. The van der Waals surface area contributed by atoms with E-state index in [4.69, 9.17) is 4.98 Å². The van der Waals surface area contributed by atoms with Crippen LogP contribution in [0.4, 0.5) is 0 Å². The lowest BCUT2D eigenvalue weighted by Gasteiger charge is -2.30. The van der Waals surface area contributed by atoms with E-state index < -0.39 is 0 Å². The van der Waals surface area contributed by atoms with Gasteiger partial charge in [-0.3, -0.25) is 9.59 Å². The molecule has 168 valence electrons. The van der Waals surface area contributed by atoms with Crippen LogP contribution < -0.4 is 0 Å². The second-order valence-corrected chi connectivity index (χ2v) is 9.70. The van der Waals surface area contributed by atoms with Crippen LogP contribution in [0.5, 0.6) is 0 Å². The Kier molecular flexibility index (Phi) is 5.12. The first-order valence-corrected chi connectivity index (χ1v) is 12.3. The molecule has 3 aliphatic rings. The Morgan fingerprint density at radius 1 is 0.909 bits per heavy atom. The van der Waals surface area contributed by atoms with Crippen LogP contribution in [0.1, 0.15) is 76.4 Å². The molecule has 5 nitrogen and oxygen atoms in total. The van der Waals surface area contributed by atoms with E-state index in [0.29, 0.717) is 30.3 Å². The van der Waals surface area contributed by atoms with Crippen molar-refractivity contribution in [3.63, 3.8) is 0 Å². The molecule has 0 spiro atoms. The van der Waals surface area contributed by atoms with E-state index in [-0.39, 0.29) is 17.9 Å². The van der Waals surface area contributed by atoms with Crippen molar-refractivity contribution in [2.45, 2.75) is 57.0 Å². The summed E-state index contributed by atoms with van der Waals surface area (Å²) in [5.74, 6) is 0.401. The van der Waals surface area contributed by atoms with Gasteiger partial charge >= 0.3 is 0 Å². The fraction of sp³-hybridized carbons (Fsp3) is 0.393. The Balaban J connectivity index is 1.37. The summed E-state index contributed by atoms with van der Waals surface area (Å²) >= 11 is 0. The predicted molar refractivity (Wildman–Crippen MR) is 128 cm³/mol. The van der Waals surface area contributed by atoms with E-state index in [2.05, 4.69) is 24.3 Å². The topological polar surface area (TPSA) is 53.5 Å². The number of aromatic nitrogens is 1. The van der Waals surface area contributed by atoms with Crippen LogP contribution in [0.25, 0.3) is 10.9 Å². The van der Waals surface area contributed by atoms with E-state index in [1.807, 2.05) is 40.1 Å². The first kappa shape index (κ1) is 20.4. The molecule has 2 aliphatic heterocycles. The predicted octanol–water partition coefficient (Wildman–Crippen LogP) is 5.15. The maximum Gasteiger partial charge on any atom is 0.273 e. The minimum atomic E-state index is 0.000266. The average molecular weight is 440 g/mol. The second kappa shape index (κ2) is 8.29. The van der Waals surface area contributed by atoms with Crippen molar-refractivity contribution in [1.82, 2.24) is 14.8 Å². The van der Waals surface area contributed by atoms with Gasteiger partial charge in [0.25, 0.3) is 11.8 Å². The lowest BCUT2D eigenvalue weighted by atomic mass is 9.94. The number of carbonyl (C=O) groups excluding carboxylic acids is 2. The SMILES string of the molecule is O=C(c1c2c(nc3ccccc13)C(=O)N(C1CCCCC1)C2)N1CC[C@H](c2ccccc2)C1. The molecule has 2 amide bonds. The van der Waals surface area contributed by atoms with Gasteiger partial charge in [0.1, 0.15) is 5.69 Å². The van der Waals surface area contributed by atoms with Gasteiger partial charge in [-0.2, -0.15) is 0 Å². The molecule has 3 aromatic rings. The Bertz CT molecular complexity index is 1220. The molecule has 0 radical (unpaired) electrons. The number of rotatable bonds is 3. The Labute approximate surface area is 194 Å². The smallest absolute Gasteiger partial charge is 0.273 e. The number of hydrogen-bond acceptors (Lipinski definition) is 3. The zero-order chi connectivity index (χ0) is 22.4. The number of hydrogen-bond donors (Lipinski definition) is 0. The van der Waals surface area contributed by atoms with E-state index in [1.54, 1.807) is 0 Å². The summed E-state index contributed by atoms with van der Waals surface area (Å²) in [5, 5.41) is 0.864. The highest BCUT2D eigenvalue weighted by atomic mass is 16.2. The molecule has 0 N–H and O–H groups in total. The molecule has 5 heteroatoms. The highest BCUT2D eigenvalue weighted by Crippen LogP contribution is 2.36. The molecule has 0 bridgehead atoms. The largest absolute Gasteiger partial charge is 0.338 e. The van der Waals surface area contributed by atoms with Crippen LogP contribution in [0, 0.1) is 0 Å². The Morgan fingerprint density at radius 3 is 2.48 bits per heavy atom. The van der Waals surface area contributed by atoms with E-state index in [9.17, 15) is 9.59 Å². The van der Waals surface area contributed by atoms with Crippen LogP contribution in [0.2, 0.25) is 0 Å². The third-order valence-electron chi connectivity index (χ3n) is 7.76. The summed E-state index contributed by atoms with van der Waals surface area (Å²) < 4.78 is 0. The number of fused-ring (bicyclic) bond motifs is 2. The Hall–Kier alpha value is -3.21. The summed E-state index contributed by atoms with van der Waals surface area (Å²) in [6, 6.07) is 18.5. The standard InChI is InChI=1S/C28H29N3O2/c32-27(30-16-15-20(17-30)19-9-3-1-4-10-19)25-22-13-7-8-14-24(22)29-26-23(25)18-31(28(26)33)21-11-5-2-6-12-21/h1,3-4,7-10,13-14,20-21H,2,5-6,11-12,15-18H2/t20-/m0/s1. The van der Waals surface area contributed by atoms with Crippen LogP contribution in [-0.2, 0) is 6.54 Å². The summed E-state index contributed by atoms with van der Waals surface area (Å²) in [5.41, 5.74) is 4.03. The summed E-state index contributed by atoms with van der Waals surface area (Å²) in [6.45, 7) is 1.96. The molecule has 1 aromatic heterocycles. The van der Waals surface area contributed by atoms with Gasteiger partial charge in [0.2, 0.25) is 0 Å². The number of likely N-dealkylation sites (tertiary alicyclic amines) is 1. The highest BCUT2D eigenvalue weighted by Gasteiger charge is 2.39. The minimum Gasteiger partial charge on any atom is -0.338 e. The first-order valence-electron chi connectivity index (χ1n) is 12.3. The minimum absolute atomic E-state index is 0.000266. The highest BCUT2D eigenvalue weighted by molar-refractivity contribution is 6.12. The number of para-hydroxylation sites is 1. The van der Waals surface area contributed by atoms with Crippen molar-refractivity contribution in [1.29, 1.82) is 0 Å². The monoisotopic (exact) mass is 439 g/mol. The van der Waals surface area contributed by atoms with Crippen molar-refractivity contribution in [3.05, 3.63) is 77.0 Å². The van der Waals surface area contributed by atoms with E-state index in [1.165, 1.54) is 24.8 Å². The fourth-order valence-corrected chi connectivity index (χ4v) is 5.99. The molecule has 0 unspecified atom stereocenters. The van der Waals surface area contributed by atoms with Crippen molar-refractivity contribution >= 4 is 22.7 Å². The maximum absolute atomic E-state index is 14.0. The van der Waals surface area contributed by atoms with Crippen molar-refractivity contribution in [3.8, 4) is 0 Å². The van der Waals surface area contributed by atoms with Crippen molar-refractivity contribution < 1.29 is 9.59 Å². The molecule has 1 saturated heterocycles. The Morgan fingerprint density at radius 2 is 1.67 bits per heavy atom. The molecule has 3 heterocycles. The normalized spacial score (nSPS) is 21.1. The van der Waals surface area contributed by atoms with Gasteiger partial charge in [-0.25, -0.2) is 4.98 Å². The average Bonchev–Trinajstić information content (AvgIpc) is 3.49. The molecule has 2 aromatic carbocycles. The molecule has 33 heavy (non-hydrogen) atoms. The lowest BCUT2D eigenvalue weighted by Crippen LogP contribution is -2.37. The van der Waals surface area contributed by atoms with E-state index in [0.717, 1.165) is 42.3 Å². The zero-order valence-electron chi connectivity index (χ0n) is 18.9. The first-order chi connectivity index (χ1) is 16.2. The summed E-state index contributed by atoms with van der Waals surface area (Å²) in [7, 11) is 0. The number of nitrogens with zero attached hydrogens (tertiary/aromatic N) is 3. The molecule has 1 saturated carbocycles.